The summed E-state index contributed by atoms with van der Waals surface area (Å²) in [5, 5.41) is 8.74. The molecule has 0 aliphatic heterocycles. The Morgan fingerprint density at radius 2 is 2.21 bits per heavy atom. The molecule has 3 nitrogen and oxygen atoms in total. The number of hydrogen-bond donors (Lipinski definition) is 1. The van der Waals surface area contributed by atoms with Crippen molar-refractivity contribution < 1.29 is 0 Å². The molecule has 0 spiro atoms. The van der Waals surface area contributed by atoms with Gasteiger partial charge >= 0.3 is 0 Å². The van der Waals surface area contributed by atoms with Crippen molar-refractivity contribution in [1.29, 1.82) is 0 Å². The molecule has 0 radical (unpaired) electrons. The second-order valence-corrected chi connectivity index (χ2v) is 6.06. The fourth-order valence-corrected chi connectivity index (χ4v) is 2.99. The predicted octanol–water partition coefficient (Wildman–Crippen LogP) is 3.57. The van der Waals surface area contributed by atoms with E-state index in [2.05, 4.69) is 52.1 Å². The van der Waals surface area contributed by atoms with E-state index in [1.54, 1.807) is 0 Å². The zero-order chi connectivity index (χ0) is 13.8. The van der Waals surface area contributed by atoms with Gasteiger partial charge in [-0.1, -0.05) is 18.5 Å². The molecule has 1 heterocycles. The van der Waals surface area contributed by atoms with Gasteiger partial charge in [0.15, 0.2) is 0 Å². The average Bonchev–Trinajstić information content (AvgIpc) is 2.77. The molecule has 0 bridgehead atoms. The van der Waals surface area contributed by atoms with Crippen molar-refractivity contribution in [3.8, 4) is 0 Å². The lowest BCUT2D eigenvalue weighted by Crippen LogP contribution is -2.24. The van der Waals surface area contributed by atoms with Crippen LogP contribution in [0.15, 0.2) is 30.5 Å². The number of hydrogen-bond acceptors (Lipinski definition) is 2. The number of nitrogens with one attached hydrogen (secondary N) is 1. The topological polar surface area (TPSA) is 29.9 Å². The van der Waals surface area contributed by atoms with E-state index in [0.29, 0.717) is 0 Å². The van der Waals surface area contributed by atoms with Gasteiger partial charge in [-0.3, -0.25) is 4.68 Å². The van der Waals surface area contributed by atoms with Crippen molar-refractivity contribution in [3.63, 3.8) is 0 Å². The first kappa shape index (κ1) is 14.8. The molecule has 0 saturated heterocycles. The van der Waals surface area contributed by atoms with Gasteiger partial charge < -0.3 is 5.32 Å². The lowest BCUT2D eigenvalue weighted by atomic mass is 10.0. The number of aromatic nitrogens is 2. The minimum atomic E-state index is 0.241. The van der Waals surface area contributed by atoms with Gasteiger partial charge in [0, 0.05) is 34.3 Å². The highest BCUT2D eigenvalue weighted by atomic mass is 127. The zero-order valence-electron chi connectivity index (χ0n) is 11.0. The molecule has 0 saturated carbocycles. The average molecular weight is 390 g/mol. The van der Waals surface area contributed by atoms with Gasteiger partial charge in [0.05, 0.1) is 5.69 Å². The Bertz CT molecular complexity index is 553. The molecule has 1 N–H and O–H groups in total. The molecule has 5 heteroatoms. The van der Waals surface area contributed by atoms with E-state index in [9.17, 15) is 0 Å². The first-order valence-electron chi connectivity index (χ1n) is 6.27. The molecule has 102 valence electrons. The van der Waals surface area contributed by atoms with Crippen LogP contribution < -0.4 is 5.32 Å². The summed E-state index contributed by atoms with van der Waals surface area (Å²) in [6.45, 7) is 3.03. The van der Waals surface area contributed by atoms with Crippen LogP contribution in [0.3, 0.4) is 0 Å². The summed E-state index contributed by atoms with van der Waals surface area (Å²) in [5.74, 6) is 0. The lowest BCUT2D eigenvalue weighted by Gasteiger charge is -2.19. The standard InChI is InChI=1S/C14H17ClIN3/c1-3-17-14(9-11-6-7-19(2)18-11)12-8-10(15)4-5-13(12)16/h4-8,14,17H,3,9H2,1-2H3. The van der Waals surface area contributed by atoms with E-state index in [0.717, 1.165) is 23.7 Å². The van der Waals surface area contributed by atoms with Gasteiger partial charge in [-0.2, -0.15) is 5.10 Å². The molecule has 0 amide bonds. The quantitative estimate of drug-likeness (QED) is 0.792. The van der Waals surface area contributed by atoms with E-state index in [1.807, 2.05) is 30.1 Å². The maximum atomic E-state index is 6.12. The van der Waals surface area contributed by atoms with Gasteiger partial charge in [-0.05, 0) is 59.0 Å². The Kier molecular flexibility index (Phi) is 5.24. The number of halogens is 2. The number of rotatable bonds is 5. The SMILES string of the molecule is CCNC(Cc1ccn(C)n1)c1cc(Cl)ccc1I. The van der Waals surface area contributed by atoms with Crippen LogP contribution >= 0.6 is 34.2 Å². The van der Waals surface area contributed by atoms with E-state index in [1.165, 1.54) is 9.13 Å². The molecule has 2 aromatic rings. The van der Waals surface area contributed by atoms with Gasteiger partial charge in [-0.25, -0.2) is 0 Å². The zero-order valence-corrected chi connectivity index (χ0v) is 13.9. The maximum Gasteiger partial charge on any atom is 0.0643 e. The molecule has 1 unspecified atom stereocenters. The van der Waals surface area contributed by atoms with Gasteiger partial charge in [-0.15, -0.1) is 0 Å². The van der Waals surface area contributed by atoms with Gasteiger partial charge in [0.25, 0.3) is 0 Å². The minimum absolute atomic E-state index is 0.241. The van der Waals surface area contributed by atoms with Crippen LogP contribution in [0.2, 0.25) is 5.02 Å². The van der Waals surface area contributed by atoms with E-state index in [-0.39, 0.29) is 6.04 Å². The summed E-state index contributed by atoms with van der Waals surface area (Å²) >= 11 is 8.47. The summed E-state index contributed by atoms with van der Waals surface area (Å²) < 4.78 is 3.06. The van der Waals surface area contributed by atoms with Crippen LogP contribution in [0.1, 0.15) is 24.2 Å². The first-order valence-corrected chi connectivity index (χ1v) is 7.72. The second-order valence-electron chi connectivity index (χ2n) is 4.46. The van der Waals surface area contributed by atoms with Crippen LogP contribution in [0.5, 0.6) is 0 Å². The third-order valence-corrected chi connectivity index (χ3v) is 4.18. The Hall–Kier alpha value is -0.590. The Labute approximate surface area is 132 Å². The van der Waals surface area contributed by atoms with E-state index in [4.69, 9.17) is 11.6 Å². The Morgan fingerprint density at radius 1 is 1.42 bits per heavy atom. The normalized spacial score (nSPS) is 12.6. The van der Waals surface area contributed by atoms with E-state index >= 15 is 0 Å². The van der Waals surface area contributed by atoms with Gasteiger partial charge in [0.2, 0.25) is 0 Å². The number of nitrogens with zero attached hydrogens (tertiary/aromatic N) is 2. The summed E-state index contributed by atoms with van der Waals surface area (Å²) in [6, 6.07) is 8.32. The van der Waals surface area contributed by atoms with Gasteiger partial charge in [0.1, 0.15) is 0 Å². The van der Waals surface area contributed by atoms with Crippen molar-refractivity contribution in [3.05, 3.63) is 50.3 Å². The van der Waals surface area contributed by atoms with E-state index < -0.39 is 0 Å². The summed E-state index contributed by atoms with van der Waals surface area (Å²) in [4.78, 5) is 0. The lowest BCUT2D eigenvalue weighted by molar-refractivity contribution is 0.538. The molecular weight excluding hydrogens is 373 g/mol. The molecule has 0 fully saturated rings. The van der Waals surface area contributed by atoms with Crippen molar-refractivity contribution in [2.75, 3.05) is 6.54 Å². The fraction of sp³-hybridized carbons (Fsp3) is 0.357. The molecule has 1 aromatic carbocycles. The highest BCUT2D eigenvalue weighted by Gasteiger charge is 2.16. The fourth-order valence-electron chi connectivity index (χ4n) is 2.10. The summed E-state index contributed by atoms with van der Waals surface area (Å²) in [6.07, 6.45) is 2.84. The molecule has 1 atom stereocenters. The highest BCUT2D eigenvalue weighted by Crippen LogP contribution is 2.26. The smallest absolute Gasteiger partial charge is 0.0643 e. The Balaban J connectivity index is 2.26. The predicted molar refractivity (Wildman–Crippen MR) is 87.5 cm³/mol. The number of aryl methyl sites for hydroxylation is 1. The number of likely N-dealkylation sites (N-methyl/N-ethyl adjacent to an activating group) is 1. The van der Waals surface area contributed by atoms with Crippen LogP contribution in [-0.2, 0) is 13.5 Å². The molecule has 19 heavy (non-hydrogen) atoms. The van der Waals surface area contributed by atoms with Crippen molar-refractivity contribution in [2.45, 2.75) is 19.4 Å². The highest BCUT2D eigenvalue weighted by molar-refractivity contribution is 14.1. The third kappa shape index (κ3) is 3.94. The summed E-state index contributed by atoms with van der Waals surface area (Å²) in [7, 11) is 1.94. The molecule has 0 aliphatic rings. The molecule has 2 rings (SSSR count). The molecule has 0 aliphatic carbocycles. The Morgan fingerprint density at radius 3 is 2.84 bits per heavy atom. The van der Waals surface area contributed by atoms with Crippen LogP contribution in [0.25, 0.3) is 0 Å². The monoisotopic (exact) mass is 389 g/mol. The number of benzene rings is 1. The molecule has 1 aromatic heterocycles. The van der Waals surface area contributed by atoms with Crippen molar-refractivity contribution in [1.82, 2.24) is 15.1 Å². The second kappa shape index (κ2) is 6.72. The van der Waals surface area contributed by atoms with Crippen LogP contribution in [0.4, 0.5) is 0 Å². The van der Waals surface area contributed by atoms with Crippen molar-refractivity contribution in [2.24, 2.45) is 7.05 Å². The summed E-state index contributed by atoms with van der Waals surface area (Å²) in [5.41, 5.74) is 2.32. The van der Waals surface area contributed by atoms with Crippen LogP contribution in [-0.4, -0.2) is 16.3 Å². The van der Waals surface area contributed by atoms with Crippen molar-refractivity contribution >= 4 is 34.2 Å². The third-order valence-electron chi connectivity index (χ3n) is 2.97. The first-order chi connectivity index (χ1) is 9.10. The largest absolute Gasteiger partial charge is 0.310 e. The maximum absolute atomic E-state index is 6.12. The molecular formula is C14H17ClIN3. The minimum Gasteiger partial charge on any atom is -0.310 e. The van der Waals surface area contributed by atoms with Crippen LogP contribution in [0, 0.1) is 3.57 Å².